The van der Waals surface area contributed by atoms with Gasteiger partial charge in [-0.2, -0.15) is 5.10 Å². The molecule has 74 valence electrons. The lowest BCUT2D eigenvalue weighted by Gasteiger charge is -2.00. The Hall–Kier alpha value is -1.55. The highest BCUT2D eigenvalue weighted by Gasteiger charge is 1.96. The van der Waals surface area contributed by atoms with Crippen molar-refractivity contribution in [1.82, 2.24) is 0 Å². The van der Waals surface area contributed by atoms with E-state index in [9.17, 15) is 4.79 Å². The number of rotatable bonds is 3. The van der Waals surface area contributed by atoms with Crippen LogP contribution >= 0.6 is 11.6 Å². The molecule has 0 spiro atoms. The summed E-state index contributed by atoms with van der Waals surface area (Å²) in [4.78, 5) is 10.6. The van der Waals surface area contributed by atoms with Crippen molar-refractivity contribution in [3.05, 3.63) is 29.3 Å². The quantitative estimate of drug-likeness (QED) is 0.473. The van der Waals surface area contributed by atoms with Gasteiger partial charge in [-0.05, 0) is 12.1 Å². The van der Waals surface area contributed by atoms with Gasteiger partial charge in [-0.3, -0.25) is 5.43 Å². The molecule has 14 heavy (non-hydrogen) atoms. The highest BCUT2D eigenvalue weighted by Crippen LogP contribution is 2.19. The van der Waals surface area contributed by atoms with Gasteiger partial charge < -0.3 is 4.74 Å². The lowest BCUT2D eigenvalue weighted by atomic mass is 10.3. The highest BCUT2D eigenvalue weighted by molar-refractivity contribution is 6.33. The molecule has 5 heteroatoms. The number of carbonyl (C=O) groups is 1. The van der Waals surface area contributed by atoms with Crippen molar-refractivity contribution in [1.29, 1.82) is 0 Å². The number of hydrazone groups is 1. The van der Waals surface area contributed by atoms with E-state index in [1.165, 1.54) is 7.11 Å². The fourth-order valence-electron chi connectivity index (χ4n) is 0.759. The molecule has 0 atom stereocenters. The van der Waals surface area contributed by atoms with Crippen LogP contribution in [0.3, 0.4) is 0 Å². The maximum absolute atomic E-state index is 10.6. The van der Waals surface area contributed by atoms with Crippen LogP contribution in [0.2, 0.25) is 5.02 Å². The average molecular weight is 213 g/mol. The summed E-state index contributed by atoms with van der Waals surface area (Å²) < 4.78 is 4.36. The monoisotopic (exact) mass is 212 g/mol. The first-order valence-electron chi connectivity index (χ1n) is 3.85. The molecule has 0 heterocycles. The van der Waals surface area contributed by atoms with E-state index < -0.39 is 5.97 Å². The van der Waals surface area contributed by atoms with E-state index in [4.69, 9.17) is 11.6 Å². The number of benzene rings is 1. The van der Waals surface area contributed by atoms with E-state index in [0.717, 1.165) is 6.21 Å². The topological polar surface area (TPSA) is 50.7 Å². The average Bonchev–Trinajstić information content (AvgIpc) is 2.20. The third-order valence-electron chi connectivity index (χ3n) is 1.43. The van der Waals surface area contributed by atoms with E-state index in [2.05, 4.69) is 15.3 Å². The van der Waals surface area contributed by atoms with Crippen LogP contribution < -0.4 is 5.43 Å². The molecule has 0 aliphatic heterocycles. The normalized spacial score (nSPS) is 10.1. The Morgan fingerprint density at radius 2 is 2.29 bits per heavy atom. The molecule has 1 rings (SSSR count). The van der Waals surface area contributed by atoms with Gasteiger partial charge in [0.15, 0.2) is 0 Å². The molecule has 1 aromatic rings. The van der Waals surface area contributed by atoms with Crippen molar-refractivity contribution >= 4 is 29.5 Å². The van der Waals surface area contributed by atoms with Gasteiger partial charge in [-0.1, -0.05) is 23.7 Å². The molecule has 0 unspecified atom stereocenters. The minimum absolute atomic E-state index is 0.524. The van der Waals surface area contributed by atoms with Crippen LogP contribution in [0.15, 0.2) is 29.4 Å². The Balaban J connectivity index is 2.58. The number of nitrogens with one attached hydrogen (secondary N) is 1. The maximum Gasteiger partial charge on any atom is 0.350 e. The standard InChI is InChI=1S/C9H9ClN2O2/c1-14-9(13)6-11-12-8-5-3-2-4-7(8)10/h2-6,12H,1H3/b11-6-. The molecule has 0 saturated carbocycles. The number of methoxy groups -OCH3 is 1. The second-order valence-electron chi connectivity index (χ2n) is 2.37. The Labute approximate surface area is 86.5 Å². The van der Waals surface area contributed by atoms with Gasteiger partial charge >= 0.3 is 5.97 Å². The summed E-state index contributed by atoms with van der Waals surface area (Å²) in [6.07, 6.45) is 1.03. The predicted molar refractivity (Wildman–Crippen MR) is 55.6 cm³/mol. The van der Waals surface area contributed by atoms with E-state index in [0.29, 0.717) is 10.7 Å². The van der Waals surface area contributed by atoms with E-state index in [-0.39, 0.29) is 0 Å². The van der Waals surface area contributed by atoms with Crippen LogP contribution in [-0.4, -0.2) is 19.3 Å². The summed E-state index contributed by atoms with van der Waals surface area (Å²) in [5.74, 6) is -0.524. The number of ether oxygens (including phenoxy) is 1. The van der Waals surface area contributed by atoms with Crippen molar-refractivity contribution in [2.24, 2.45) is 5.10 Å². The summed E-state index contributed by atoms with van der Waals surface area (Å²) in [6, 6.07) is 7.08. The van der Waals surface area contributed by atoms with Crippen molar-refractivity contribution < 1.29 is 9.53 Å². The first-order chi connectivity index (χ1) is 6.74. The van der Waals surface area contributed by atoms with Gasteiger partial charge in [0.05, 0.1) is 17.8 Å². The smallest absolute Gasteiger partial charge is 0.350 e. The lowest BCUT2D eigenvalue weighted by molar-refractivity contribution is -0.132. The molecule has 1 N–H and O–H groups in total. The zero-order valence-corrected chi connectivity index (χ0v) is 8.28. The van der Waals surface area contributed by atoms with Crippen LogP contribution in [0.1, 0.15) is 0 Å². The molecule has 0 bridgehead atoms. The molecule has 0 aromatic heterocycles. The third kappa shape index (κ3) is 3.06. The Morgan fingerprint density at radius 3 is 2.93 bits per heavy atom. The van der Waals surface area contributed by atoms with Crippen LogP contribution in [0, 0.1) is 0 Å². The van der Waals surface area contributed by atoms with Gasteiger partial charge in [0, 0.05) is 0 Å². The minimum Gasteiger partial charge on any atom is -0.465 e. The fourth-order valence-corrected chi connectivity index (χ4v) is 0.937. The minimum atomic E-state index is -0.524. The third-order valence-corrected chi connectivity index (χ3v) is 1.76. The summed E-state index contributed by atoms with van der Waals surface area (Å²) in [5, 5.41) is 4.18. The van der Waals surface area contributed by atoms with E-state index in [1.807, 2.05) is 6.07 Å². The molecule has 1 aromatic carbocycles. The van der Waals surface area contributed by atoms with Gasteiger partial charge in [0.25, 0.3) is 0 Å². The zero-order chi connectivity index (χ0) is 10.4. The van der Waals surface area contributed by atoms with Gasteiger partial charge in [-0.25, -0.2) is 4.79 Å². The van der Waals surface area contributed by atoms with Crippen LogP contribution in [0.25, 0.3) is 0 Å². The van der Waals surface area contributed by atoms with Crippen molar-refractivity contribution in [3.8, 4) is 0 Å². The number of halogens is 1. The molecular weight excluding hydrogens is 204 g/mol. The first-order valence-corrected chi connectivity index (χ1v) is 4.23. The second kappa shape index (κ2) is 5.24. The Kier molecular flexibility index (Phi) is 3.94. The van der Waals surface area contributed by atoms with Gasteiger partial charge in [-0.15, -0.1) is 0 Å². The molecule has 0 aliphatic rings. The number of hydrogen-bond donors (Lipinski definition) is 1. The number of esters is 1. The van der Waals surface area contributed by atoms with Gasteiger partial charge in [0.2, 0.25) is 0 Å². The molecule has 0 amide bonds. The number of anilines is 1. The molecule has 4 nitrogen and oxygen atoms in total. The van der Waals surface area contributed by atoms with Crippen LogP contribution in [0.4, 0.5) is 5.69 Å². The number of nitrogens with zero attached hydrogens (tertiary/aromatic N) is 1. The van der Waals surface area contributed by atoms with E-state index in [1.54, 1.807) is 18.2 Å². The molecule has 0 saturated heterocycles. The summed E-state index contributed by atoms with van der Waals surface area (Å²) >= 11 is 5.82. The Bertz CT molecular complexity index is 352. The summed E-state index contributed by atoms with van der Waals surface area (Å²) in [7, 11) is 1.28. The van der Waals surface area contributed by atoms with Crippen molar-refractivity contribution in [2.75, 3.05) is 12.5 Å². The molecule has 0 fully saturated rings. The number of carbonyl (C=O) groups excluding carboxylic acids is 1. The van der Waals surface area contributed by atoms with Crippen molar-refractivity contribution in [2.45, 2.75) is 0 Å². The second-order valence-corrected chi connectivity index (χ2v) is 2.78. The fraction of sp³-hybridized carbons (Fsp3) is 0.111. The summed E-state index contributed by atoms with van der Waals surface area (Å²) in [6.45, 7) is 0. The van der Waals surface area contributed by atoms with Crippen LogP contribution in [-0.2, 0) is 9.53 Å². The first kappa shape index (κ1) is 10.5. The number of hydrogen-bond acceptors (Lipinski definition) is 4. The molecular formula is C9H9ClN2O2. The lowest BCUT2D eigenvalue weighted by Crippen LogP contribution is -2.03. The maximum atomic E-state index is 10.6. The van der Waals surface area contributed by atoms with E-state index >= 15 is 0 Å². The predicted octanol–water partition coefficient (Wildman–Crippen LogP) is 1.91. The number of para-hydroxylation sites is 1. The zero-order valence-electron chi connectivity index (χ0n) is 7.53. The molecule has 0 radical (unpaired) electrons. The molecule has 0 aliphatic carbocycles. The highest BCUT2D eigenvalue weighted by atomic mass is 35.5. The SMILES string of the molecule is COC(=O)/C=N\Nc1ccccc1Cl. The largest absolute Gasteiger partial charge is 0.465 e. The summed E-state index contributed by atoms with van der Waals surface area (Å²) in [5.41, 5.74) is 3.25. The Morgan fingerprint density at radius 1 is 1.57 bits per heavy atom. The van der Waals surface area contributed by atoms with Crippen LogP contribution in [0.5, 0.6) is 0 Å². The van der Waals surface area contributed by atoms with Crippen molar-refractivity contribution in [3.63, 3.8) is 0 Å². The van der Waals surface area contributed by atoms with Gasteiger partial charge in [0.1, 0.15) is 6.21 Å².